The molecule has 0 aliphatic carbocycles. The molecule has 0 unspecified atom stereocenters. The second kappa shape index (κ2) is 6.12. The highest BCUT2D eigenvalue weighted by molar-refractivity contribution is 7.92. The number of anilines is 1. The van der Waals surface area contributed by atoms with Crippen molar-refractivity contribution in [2.75, 3.05) is 4.72 Å². The van der Waals surface area contributed by atoms with E-state index in [1.165, 1.54) is 18.3 Å². The lowest BCUT2D eigenvalue weighted by Gasteiger charge is -2.09. The highest BCUT2D eigenvalue weighted by atomic mass is 35.5. The quantitative estimate of drug-likeness (QED) is 0.878. The van der Waals surface area contributed by atoms with Crippen LogP contribution in [0, 0.1) is 18.3 Å². The second-order valence-corrected chi connectivity index (χ2v) is 6.46. The largest absolute Gasteiger partial charge is 0.278 e. The SMILES string of the molecule is Cc1cc(NS(=O)(=O)c2ccc(CC#N)cc2)cnc1Cl. The standard InChI is InChI=1S/C14H12ClN3O2S/c1-10-8-12(9-17-14(10)15)18-21(19,20)13-4-2-11(3-5-13)6-7-16/h2-5,8-9,18H,6H2,1H3. The van der Waals surface area contributed by atoms with Crippen LogP contribution in [0.3, 0.4) is 0 Å². The van der Waals surface area contributed by atoms with E-state index in [-0.39, 0.29) is 11.3 Å². The second-order valence-electron chi connectivity index (χ2n) is 4.42. The molecule has 1 aromatic heterocycles. The molecule has 2 rings (SSSR count). The molecule has 0 bridgehead atoms. The topological polar surface area (TPSA) is 82.9 Å². The molecule has 0 radical (unpaired) electrons. The number of pyridine rings is 1. The third-order valence-electron chi connectivity index (χ3n) is 2.78. The maximum absolute atomic E-state index is 12.2. The minimum absolute atomic E-state index is 0.122. The van der Waals surface area contributed by atoms with Crippen LogP contribution >= 0.6 is 11.6 Å². The summed E-state index contributed by atoms with van der Waals surface area (Å²) in [6, 6.07) is 9.77. The Bertz CT molecular complexity index is 796. The molecule has 7 heteroatoms. The first-order valence-corrected chi connectivity index (χ1v) is 7.89. The average Bonchev–Trinajstić information content (AvgIpc) is 2.44. The summed E-state index contributed by atoms with van der Waals surface area (Å²) in [6.45, 7) is 1.74. The Morgan fingerprint density at radius 3 is 2.57 bits per heavy atom. The van der Waals surface area contributed by atoms with Crippen molar-refractivity contribution in [3.63, 3.8) is 0 Å². The van der Waals surface area contributed by atoms with Gasteiger partial charge in [-0.2, -0.15) is 5.26 Å². The summed E-state index contributed by atoms with van der Waals surface area (Å²) < 4.78 is 26.9. The molecule has 1 aromatic carbocycles. The molecule has 0 aliphatic heterocycles. The summed E-state index contributed by atoms with van der Waals surface area (Å²) in [5, 5.41) is 8.93. The zero-order chi connectivity index (χ0) is 15.5. The Labute approximate surface area is 128 Å². The van der Waals surface area contributed by atoms with Gasteiger partial charge in [0, 0.05) is 0 Å². The van der Waals surface area contributed by atoms with E-state index in [4.69, 9.17) is 16.9 Å². The summed E-state index contributed by atoms with van der Waals surface area (Å²) in [7, 11) is -3.69. The monoisotopic (exact) mass is 321 g/mol. The Kier molecular flexibility index (Phi) is 4.46. The molecule has 0 saturated heterocycles. The lowest BCUT2D eigenvalue weighted by Crippen LogP contribution is -2.13. The summed E-state index contributed by atoms with van der Waals surface area (Å²) >= 11 is 5.80. The number of benzene rings is 1. The van der Waals surface area contributed by atoms with Crippen molar-refractivity contribution < 1.29 is 8.42 Å². The van der Waals surface area contributed by atoms with E-state index in [0.29, 0.717) is 16.4 Å². The van der Waals surface area contributed by atoms with Gasteiger partial charge >= 0.3 is 0 Å². The molecule has 5 nitrogen and oxygen atoms in total. The van der Waals surface area contributed by atoms with Crippen molar-refractivity contribution in [1.29, 1.82) is 5.26 Å². The zero-order valence-electron chi connectivity index (χ0n) is 11.2. The van der Waals surface area contributed by atoms with Gasteiger partial charge in [-0.25, -0.2) is 13.4 Å². The van der Waals surface area contributed by atoms with Crippen LogP contribution in [0.5, 0.6) is 0 Å². The maximum Gasteiger partial charge on any atom is 0.261 e. The van der Waals surface area contributed by atoms with Gasteiger partial charge in [0.25, 0.3) is 10.0 Å². The first kappa shape index (κ1) is 15.3. The first-order valence-electron chi connectivity index (χ1n) is 6.03. The highest BCUT2D eigenvalue weighted by Gasteiger charge is 2.14. The van der Waals surface area contributed by atoms with Crippen LogP contribution in [-0.2, 0) is 16.4 Å². The Balaban J connectivity index is 2.25. The van der Waals surface area contributed by atoms with Gasteiger partial charge in [-0.15, -0.1) is 0 Å². The molecule has 0 fully saturated rings. The van der Waals surface area contributed by atoms with Crippen molar-refractivity contribution in [1.82, 2.24) is 4.98 Å². The maximum atomic E-state index is 12.2. The zero-order valence-corrected chi connectivity index (χ0v) is 12.7. The van der Waals surface area contributed by atoms with Gasteiger partial charge in [0.1, 0.15) is 5.15 Å². The van der Waals surface area contributed by atoms with Crippen LogP contribution in [0.2, 0.25) is 5.15 Å². The van der Waals surface area contributed by atoms with Crippen LogP contribution in [0.4, 0.5) is 5.69 Å². The van der Waals surface area contributed by atoms with E-state index in [0.717, 1.165) is 5.56 Å². The third kappa shape index (κ3) is 3.72. The Morgan fingerprint density at radius 1 is 1.33 bits per heavy atom. The van der Waals surface area contributed by atoms with Crippen molar-refractivity contribution in [2.24, 2.45) is 0 Å². The van der Waals surface area contributed by atoms with E-state index in [1.54, 1.807) is 25.1 Å². The molecule has 108 valence electrons. The van der Waals surface area contributed by atoms with Gasteiger partial charge in [-0.05, 0) is 36.2 Å². The lowest BCUT2D eigenvalue weighted by molar-refractivity contribution is 0.601. The number of hydrogen-bond donors (Lipinski definition) is 1. The van der Waals surface area contributed by atoms with Gasteiger partial charge in [0.05, 0.1) is 29.3 Å². The van der Waals surface area contributed by atoms with Crippen LogP contribution in [0.25, 0.3) is 0 Å². The fraction of sp³-hybridized carbons (Fsp3) is 0.143. The number of hydrogen-bond acceptors (Lipinski definition) is 4. The number of nitrogens with zero attached hydrogens (tertiary/aromatic N) is 2. The van der Waals surface area contributed by atoms with Gasteiger partial charge in [0.15, 0.2) is 0 Å². The number of aromatic nitrogens is 1. The summed E-state index contributed by atoms with van der Waals surface area (Å²) in [5.74, 6) is 0. The number of rotatable bonds is 4. The fourth-order valence-electron chi connectivity index (χ4n) is 1.71. The summed E-state index contributed by atoms with van der Waals surface area (Å²) in [4.78, 5) is 4.02. The Hall–Kier alpha value is -2.10. The third-order valence-corrected chi connectivity index (χ3v) is 4.58. The van der Waals surface area contributed by atoms with Crippen molar-refractivity contribution in [3.8, 4) is 6.07 Å². The molecule has 0 saturated carbocycles. The number of nitriles is 1. The molecule has 0 spiro atoms. The summed E-state index contributed by atoms with van der Waals surface area (Å²) in [6.07, 6.45) is 1.60. The number of sulfonamides is 1. The van der Waals surface area contributed by atoms with Gasteiger partial charge in [-0.3, -0.25) is 4.72 Å². The number of halogens is 1. The number of aryl methyl sites for hydroxylation is 1. The molecule has 0 amide bonds. The van der Waals surface area contributed by atoms with Gasteiger partial charge < -0.3 is 0 Å². The predicted molar refractivity (Wildman–Crippen MR) is 80.6 cm³/mol. The van der Waals surface area contributed by atoms with E-state index >= 15 is 0 Å². The molecule has 0 aliphatic rings. The van der Waals surface area contributed by atoms with E-state index < -0.39 is 10.0 Å². The van der Waals surface area contributed by atoms with Crippen LogP contribution in [0.1, 0.15) is 11.1 Å². The Morgan fingerprint density at radius 2 is 2.00 bits per heavy atom. The predicted octanol–water partition coefficient (Wildman–Crippen LogP) is 2.91. The number of nitrogens with one attached hydrogen (secondary N) is 1. The summed E-state index contributed by atoms with van der Waals surface area (Å²) in [5.41, 5.74) is 1.79. The van der Waals surface area contributed by atoms with Crippen LogP contribution in [0.15, 0.2) is 41.4 Å². The molecule has 1 N–H and O–H groups in total. The first-order chi connectivity index (χ1) is 9.92. The van der Waals surface area contributed by atoms with Crippen LogP contribution in [-0.4, -0.2) is 13.4 Å². The molecule has 2 aromatic rings. The molecular formula is C14H12ClN3O2S. The molecule has 21 heavy (non-hydrogen) atoms. The van der Waals surface area contributed by atoms with E-state index in [1.807, 2.05) is 6.07 Å². The van der Waals surface area contributed by atoms with Crippen molar-refractivity contribution in [3.05, 3.63) is 52.8 Å². The molecule has 0 atom stereocenters. The minimum atomic E-state index is -3.69. The lowest BCUT2D eigenvalue weighted by atomic mass is 10.2. The van der Waals surface area contributed by atoms with E-state index in [9.17, 15) is 8.42 Å². The smallest absolute Gasteiger partial charge is 0.261 e. The van der Waals surface area contributed by atoms with Crippen molar-refractivity contribution >= 4 is 27.3 Å². The van der Waals surface area contributed by atoms with Gasteiger partial charge in [0.2, 0.25) is 0 Å². The molecule has 1 heterocycles. The van der Waals surface area contributed by atoms with Crippen molar-refractivity contribution in [2.45, 2.75) is 18.2 Å². The normalized spacial score (nSPS) is 10.9. The minimum Gasteiger partial charge on any atom is -0.278 e. The average molecular weight is 322 g/mol. The highest BCUT2D eigenvalue weighted by Crippen LogP contribution is 2.20. The molecular weight excluding hydrogens is 310 g/mol. The van der Waals surface area contributed by atoms with Crippen LogP contribution < -0.4 is 4.72 Å². The van der Waals surface area contributed by atoms with Gasteiger partial charge in [-0.1, -0.05) is 23.7 Å². The van der Waals surface area contributed by atoms with E-state index in [2.05, 4.69) is 9.71 Å². The fourth-order valence-corrected chi connectivity index (χ4v) is 2.84.